The Kier molecular flexibility index (Phi) is 3.29. The Morgan fingerprint density at radius 3 is 2.46 bits per heavy atom. The van der Waals surface area contributed by atoms with Crippen molar-refractivity contribution >= 4 is 5.97 Å². The van der Waals surface area contributed by atoms with Crippen molar-refractivity contribution in [2.24, 2.45) is 5.92 Å². The number of carboxylic acids is 1. The van der Waals surface area contributed by atoms with Crippen molar-refractivity contribution in [3.63, 3.8) is 0 Å². The van der Waals surface area contributed by atoms with Crippen molar-refractivity contribution in [2.75, 3.05) is 0 Å². The summed E-state index contributed by atoms with van der Waals surface area (Å²) in [7, 11) is 0. The number of aliphatic carboxylic acids is 1. The van der Waals surface area contributed by atoms with Gasteiger partial charge in [0.1, 0.15) is 0 Å². The summed E-state index contributed by atoms with van der Waals surface area (Å²) in [5.74, 6) is -0.277. The van der Waals surface area contributed by atoms with Gasteiger partial charge in [0.05, 0.1) is 5.57 Å². The van der Waals surface area contributed by atoms with Crippen LogP contribution in [0.2, 0.25) is 0 Å². The average molecular weight is 180 g/mol. The van der Waals surface area contributed by atoms with E-state index in [1.807, 2.05) is 19.9 Å². The first kappa shape index (κ1) is 10.0. The van der Waals surface area contributed by atoms with E-state index in [0.717, 1.165) is 24.8 Å². The van der Waals surface area contributed by atoms with Crippen LogP contribution in [-0.4, -0.2) is 11.1 Å². The van der Waals surface area contributed by atoms with Crippen molar-refractivity contribution in [1.82, 2.24) is 0 Å². The number of rotatable bonds is 4. The molecule has 0 amide bonds. The molecule has 0 bridgehead atoms. The Hall–Kier alpha value is -1.05. The van der Waals surface area contributed by atoms with Crippen molar-refractivity contribution in [3.05, 3.63) is 23.3 Å². The molecular formula is C11H16O2. The van der Waals surface area contributed by atoms with Gasteiger partial charge in [0.15, 0.2) is 0 Å². The number of allylic oxidation sites excluding steroid dienone is 2. The minimum Gasteiger partial charge on any atom is -0.478 e. The van der Waals surface area contributed by atoms with Crippen LogP contribution < -0.4 is 0 Å². The SMILES string of the molecule is C/C=C(\C(=C/CC)C(=O)O)C1CC1. The standard InChI is InChI=1S/C11H16O2/c1-3-5-10(11(12)13)9(4-2)8-6-7-8/h4-5,8H,3,6-7H2,1-2H3,(H,12,13)/b9-4-,10-5+. The summed E-state index contributed by atoms with van der Waals surface area (Å²) < 4.78 is 0. The highest BCUT2D eigenvalue weighted by Crippen LogP contribution is 2.40. The molecular weight excluding hydrogens is 164 g/mol. The maximum absolute atomic E-state index is 10.9. The second-order valence-corrected chi connectivity index (χ2v) is 3.35. The fourth-order valence-electron chi connectivity index (χ4n) is 1.54. The topological polar surface area (TPSA) is 37.3 Å². The molecule has 0 aromatic rings. The number of hydrogen-bond acceptors (Lipinski definition) is 1. The lowest BCUT2D eigenvalue weighted by Gasteiger charge is -2.05. The summed E-state index contributed by atoms with van der Waals surface area (Å²) in [6, 6.07) is 0. The number of carboxylic acid groups (broad SMARTS) is 1. The van der Waals surface area contributed by atoms with Crippen LogP contribution in [-0.2, 0) is 4.79 Å². The first-order valence-corrected chi connectivity index (χ1v) is 4.80. The van der Waals surface area contributed by atoms with Crippen molar-refractivity contribution in [1.29, 1.82) is 0 Å². The van der Waals surface area contributed by atoms with Crippen LogP contribution in [0.5, 0.6) is 0 Å². The Labute approximate surface area is 79.0 Å². The molecule has 1 fully saturated rings. The summed E-state index contributed by atoms with van der Waals surface area (Å²) in [5.41, 5.74) is 1.53. The van der Waals surface area contributed by atoms with Crippen LogP contribution in [0.3, 0.4) is 0 Å². The molecule has 0 spiro atoms. The molecule has 0 aromatic heterocycles. The monoisotopic (exact) mass is 180 g/mol. The van der Waals surface area contributed by atoms with Crippen LogP contribution >= 0.6 is 0 Å². The summed E-state index contributed by atoms with van der Waals surface area (Å²) in [6.07, 6.45) is 6.82. The molecule has 0 aromatic carbocycles. The Morgan fingerprint density at radius 2 is 2.15 bits per heavy atom. The lowest BCUT2D eigenvalue weighted by atomic mass is 10.0. The normalized spacial score (nSPS) is 18.9. The van der Waals surface area contributed by atoms with Gasteiger partial charge in [0.25, 0.3) is 0 Å². The van der Waals surface area contributed by atoms with Gasteiger partial charge in [-0.3, -0.25) is 0 Å². The Morgan fingerprint density at radius 1 is 1.54 bits per heavy atom. The molecule has 1 saturated carbocycles. The summed E-state index contributed by atoms with van der Waals surface area (Å²) >= 11 is 0. The summed E-state index contributed by atoms with van der Waals surface area (Å²) in [5, 5.41) is 8.97. The largest absolute Gasteiger partial charge is 0.478 e. The van der Waals surface area contributed by atoms with Crippen LogP contribution in [0.1, 0.15) is 33.1 Å². The third-order valence-corrected chi connectivity index (χ3v) is 2.28. The van der Waals surface area contributed by atoms with Gasteiger partial charge in [-0.15, -0.1) is 0 Å². The lowest BCUT2D eigenvalue weighted by Crippen LogP contribution is -2.05. The van der Waals surface area contributed by atoms with E-state index in [9.17, 15) is 4.79 Å². The number of hydrogen-bond donors (Lipinski definition) is 1. The fraction of sp³-hybridized carbons (Fsp3) is 0.545. The third kappa shape index (κ3) is 2.44. The number of carbonyl (C=O) groups is 1. The van der Waals surface area contributed by atoms with Gasteiger partial charge in [-0.2, -0.15) is 0 Å². The minimum atomic E-state index is -0.790. The zero-order valence-electron chi connectivity index (χ0n) is 8.21. The molecule has 0 saturated heterocycles. The molecule has 1 aliphatic carbocycles. The predicted octanol–water partition coefficient (Wildman–Crippen LogP) is 2.76. The molecule has 1 N–H and O–H groups in total. The van der Waals surface area contributed by atoms with Crippen molar-refractivity contribution in [3.8, 4) is 0 Å². The highest BCUT2D eigenvalue weighted by molar-refractivity contribution is 5.92. The highest BCUT2D eigenvalue weighted by Gasteiger charge is 2.29. The van der Waals surface area contributed by atoms with E-state index < -0.39 is 5.97 Å². The van der Waals surface area contributed by atoms with Crippen LogP contribution in [0.25, 0.3) is 0 Å². The molecule has 0 heterocycles. The maximum Gasteiger partial charge on any atom is 0.335 e. The van der Waals surface area contributed by atoms with E-state index in [1.54, 1.807) is 6.08 Å². The smallest absolute Gasteiger partial charge is 0.335 e. The van der Waals surface area contributed by atoms with Crippen molar-refractivity contribution < 1.29 is 9.90 Å². The predicted molar refractivity (Wildman–Crippen MR) is 52.5 cm³/mol. The fourth-order valence-corrected chi connectivity index (χ4v) is 1.54. The molecule has 13 heavy (non-hydrogen) atoms. The maximum atomic E-state index is 10.9. The molecule has 1 aliphatic rings. The molecule has 1 rings (SSSR count). The van der Waals surface area contributed by atoms with E-state index in [1.165, 1.54) is 0 Å². The highest BCUT2D eigenvalue weighted by atomic mass is 16.4. The van der Waals surface area contributed by atoms with Gasteiger partial charge in [-0.05, 0) is 37.7 Å². The van der Waals surface area contributed by atoms with Crippen LogP contribution in [0.4, 0.5) is 0 Å². The third-order valence-electron chi connectivity index (χ3n) is 2.28. The van der Waals surface area contributed by atoms with Gasteiger partial charge in [0.2, 0.25) is 0 Å². The quantitative estimate of drug-likeness (QED) is 0.533. The first-order chi connectivity index (χ1) is 6.20. The van der Waals surface area contributed by atoms with Gasteiger partial charge in [-0.25, -0.2) is 4.79 Å². The van der Waals surface area contributed by atoms with E-state index in [-0.39, 0.29) is 0 Å². The van der Waals surface area contributed by atoms with Crippen molar-refractivity contribution in [2.45, 2.75) is 33.1 Å². The second kappa shape index (κ2) is 4.26. The van der Waals surface area contributed by atoms with E-state index in [2.05, 4.69) is 0 Å². The Bertz CT molecular complexity index is 257. The molecule has 72 valence electrons. The summed E-state index contributed by atoms with van der Waals surface area (Å²) in [6.45, 7) is 3.88. The molecule has 0 unspecified atom stereocenters. The minimum absolute atomic E-state index is 0.507. The van der Waals surface area contributed by atoms with Crippen LogP contribution in [0, 0.1) is 5.92 Å². The average Bonchev–Trinajstić information content (AvgIpc) is 2.88. The molecule has 2 nitrogen and oxygen atoms in total. The molecule has 2 heteroatoms. The molecule has 0 atom stereocenters. The first-order valence-electron chi connectivity index (χ1n) is 4.80. The lowest BCUT2D eigenvalue weighted by molar-refractivity contribution is -0.132. The van der Waals surface area contributed by atoms with Crippen LogP contribution in [0.15, 0.2) is 23.3 Å². The van der Waals surface area contributed by atoms with E-state index in [0.29, 0.717) is 11.5 Å². The summed E-state index contributed by atoms with van der Waals surface area (Å²) in [4.78, 5) is 10.9. The zero-order valence-corrected chi connectivity index (χ0v) is 8.21. The van der Waals surface area contributed by atoms with E-state index in [4.69, 9.17) is 5.11 Å². The molecule has 0 aliphatic heterocycles. The Balaban J connectivity index is 2.84. The van der Waals surface area contributed by atoms with Gasteiger partial charge in [0, 0.05) is 0 Å². The zero-order chi connectivity index (χ0) is 9.84. The van der Waals surface area contributed by atoms with Gasteiger partial charge >= 0.3 is 5.97 Å². The van der Waals surface area contributed by atoms with E-state index >= 15 is 0 Å². The second-order valence-electron chi connectivity index (χ2n) is 3.35. The molecule has 0 radical (unpaired) electrons. The van der Waals surface area contributed by atoms with Gasteiger partial charge < -0.3 is 5.11 Å². The van der Waals surface area contributed by atoms with Gasteiger partial charge in [-0.1, -0.05) is 19.1 Å².